The highest BCUT2D eigenvalue weighted by Gasteiger charge is 2.48. The van der Waals surface area contributed by atoms with Crippen molar-refractivity contribution in [3.05, 3.63) is 0 Å². The molecule has 8 atom stereocenters. The molecule has 2 aliphatic rings. The van der Waals surface area contributed by atoms with Crippen molar-refractivity contribution in [2.45, 2.75) is 62.3 Å². The Balaban J connectivity index is 2.17. The fourth-order valence-electron chi connectivity index (χ4n) is 2.92. The van der Waals surface area contributed by atoms with Gasteiger partial charge in [0.2, 0.25) is 5.91 Å². The van der Waals surface area contributed by atoms with Crippen LogP contribution in [0.5, 0.6) is 0 Å². The maximum Gasteiger partial charge on any atom is 0.217 e. The molecule has 0 bridgehead atoms. The average molecular weight is 351 g/mol. The molecule has 2 saturated heterocycles. The minimum atomic E-state index is -1.45. The number of nitrogens with one attached hydrogen (secondary N) is 1. The Morgan fingerprint density at radius 3 is 2.42 bits per heavy atom. The van der Waals surface area contributed by atoms with Gasteiger partial charge < -0.3 is 45.1 Å². The third-order valence-electron chi connectivity index (χ3n) is 4.21. The molecule has 6 N–H and O–H groups in total. The molecule has 0 aromatic heterocycles. The van der Waals surface area contributed by atoms with E-state index in [1.165, 1.54) is 6.92 Å². The highest BCUT2D eigenvalue weighted by molar-refractivity contribution is 5.73. The SMILES string of the molecule is CC(=O)N[C@H]1[C@H](O[C@H]2[C@H](O)CCO[C@@H]2CO)O[C@H](CO)[C@@H](O)[C@@H]1O. The third-order valence-corrected chi connectivity index (χ3v) is 4.21. The van der Waals surface area contributed by atoms with Crippen molar-refractivity contribution >= 4 is 5.91 Å². The molecule has 2 aliphatic heterocycles. The van der Waals surface area contributed by atoms with E-state index in [2.05, 4.69) is 5.32 Å². The number of hydrogen-bond donors (Lipinski definition) is 6. The lowest BCUT2D eigenvalue weighted by molar-refractivity contribution is -0.307. The van der Waals surface area contributed by atoms with Crippen LogP contribution in [0.2, 0.25) is 0 Å². The molecule has 10 nitrogen and oxygen atoms in total. The van der Waals surface area contributed by atoms with Gasteiger partial charge in [-0.05, 0) is 6.42 Å². The number of hydrogen-bond acceptors (Lipinski definition) is 9. The number of ether oxygens (including phenoxy) is 3. The van der Waals surface area contributed by atoms with Crippen molar-refractivity contribution in [3.8, 4) is 0 Å². The Kier molecular flexibility index (Phi) is 6.89. The number of amides is 1. The van der Waals surface area contributed by atoms with E-state index >= 15 is 0 Å². The molecule has 24 heavy (non-hydrogen) atoms. The number of aliphatic hydroxyl groups is 5. The second-order valence-corrected chi connectivity index (χ2v) is 5.98. The molecule has 0 aromatic rings. The predicted octanol–water partition coefficient (Wildman–Crippen LogP) is -3.54. The first-order valence-electron chi connectivity index (χ1n) is 7.84. The van der Waals surface area contributed by atoms with Crippen molar-refractivity contribution in [1.29, 1.82) is 0 Å². The van der Waals surface area contributed by atoms with Gasteiger partial charge in [0.1, 0.15) is 36.6 Å². The zero-order valence-corrected chi connectivity index (χ0v) is 13.3. The van der Waals surface area contributed by atoms with Gasteiger partial charge in [-0.1, -0.05) is 0 Å². The Morgan fingerprint density at radius 1 is 1.17 bits per heavy atom. The highest BCUT2D eigenvalue weighted by atomic mass is 16.7. The summed E-state index contributed by atoms with van der Waals surface area (Å²) in [5.74, 6) is -0.481. The summed E-state index contributed by atoms with van der Waals surface area (Å²) in [5.41, 5.74) is 0. The molecule has 10 heteroatoms. The maximum atomic E-state index is 11.4. The van der Waals surface area contributed by atoms with Crippen molar-refractivity contribution in [1.82, 2.24) is 5.32 Å². The van der Waals surface area contributed by atoms with E-state index in [0.717, 1.165) is 0 Å². The molecular weight excluding hydrogens is 326 g/mol. The number of rotatable bonds is 5. The summed E-state index contributed by atoms with van der Waals surface area (Å²) in [7, 11) is 0. The Bertz CT molecular complexity index is 423. The van der Waals surface area contributed by atoms with E-state index in [0.29, 0.717) is 0 Å². The fraction of sp³-hybridized carbons (Fsp3) is 0.929. The zero-order valence-electron chi connectivity index (χ0n) is 13.3. The van der Waals surface area contributed by atoms with Gasteiger partial charge in [0.15, 0.2) is 6.29 Å². The zero-order chi connectivity index (χ0) is 17.9. The highest BCUT2D eigenvalue weighted by Crippen LogP contribution is 2.27. The average Bonchev–Trinajstić information content (AvgIpc) is 2.55. The normalized spacial score (nSPS) is 43.4. The lowest BCUT2D eigenvalue weighted by Crippen LogP contribution is -2.66. The van der Waals surface area contributed by atoms with Crippen molar-refractivity contribution < 1.29 is 44.5 Å². The standard InChI is InChI=1S/C14H25NO9/c1-6(18)15-10-12(21)11(20)8(4-16)23-14(10)24-13-7(19)2-3-22-9(13)5-17/h7-14,16-17,19-21H,2-5H2,1H3,(H,15,18)/t7-,8-,9-,10-,11-,12-,13+,14+/m1/s1. The second-order valence-electron chi connectivity index (χ2n) is 5.98. The molecule has 0 aliphatic carbocycles. The maximum absolute atomic E-state index is 11.4. The smallest absolute Gasteiger partial charge is 0.217 e. The molecule has 0 radical (unpaired) electrons. The molecule has 0 unspecified atom stereocenters. The lowest BCUT2D eigenvalue weighted by atomic mass is 9.96. The van der Waals surface area contributed by atoms with Crippen molar-refractivity contribution in [2.24, 2.45) is 0 Å². The van der Waals surface area contributed by atoms with E-state index in [-0.39, 0.29) is 13.0 Å². The van der Waals surface area contributed by atoms with Crippen LogP contribution < -0.4 is 5.32 Å². The molecule has 2 fully saturated rings. The minimum absolute atomic E-state index is 0.257. The van der Waals surface area contributed by atoms with E-state index < -0.39 is 68.1 Å². The van der Waals surface area contributed by atoms with Gasteiger partial charge in [-0.25, -0.2) is 0 Å². The van der Waals surface area contributed by atoms with Gasteiger partial charge in [-0.2, -0.15) is 0 Å². The summed E-state index contributed by atoms with van der Waals surface area (Å²) in [6.45, 7) is 0.517. The first kappa shape index (κ1) is 19.5. The largest absolute Gasteiger partial charge is 0.394 e. The summed E-state index contributed by atoms with van der Waals surface area (Å²) in [6, 6.07) is -1.12. The van der Waals surface area contributed by atoms with Crippen LogP contribution in [0.15, 0.2) is 0 Å². The summed E-state index contributed by atoms with van der Waals surface area (Å²) in [4.78, 5) is 11.4. The quantitative estimate of drug-likeness (QED) is 0.295. The van der Waals surface area contributed by atoms with E-state index in [1.54, 1.807) is 0 Å². The van der Waals surface area contributed by atoms with E-state index in [4.69, 9.17) is 14.2 Å². The number of carbonyl (C=O) groups excluding carboxylic acids is 1. The van der Waals surface area contributed by atoms with Crippen LogP contribution in [0.4, 0.5) is 0 Å². The summed E-state index contributed by atoms with van der Waals surface area (Å²) < 4.78 is 16.4. The number of aliphatic hydroxyl groups excluding tert-OH is 5. The van der Waals surface area contributed by atoms with Crippen LogP contribution in [0.3, 0.4) is 0 Å². The van der Waals surface area contributed by atoms with Gasteiger partial charge in [0, 0.05) is 13.5 Å². The molecule has 140 valence electrons. The number of carbonyl (C=O) groups is 1. The van der Waals surface area contributed by atoms with Gasteiger partial charge in [0.05, 0.1) is 19.3 Å². The summed E-state index contributed by atoms with van der Waals surface area (Å²) in [6.07, 6.45) is -7.64. The van der Waals surface area contributed by atoms with Gasteiger partial charge >= 0.3 is 0 Å². The van der Waals surface area contributed by atoms with Crippen LogP contribution in [-0.4, -0.2) is 100 Å². The molecule has 2 rings (SSSR count). The van der Waals surface area contributed by atoms with Gasteiger partial charge in [-0.3, -0.25) is 4.79 Å². The topological polar surface area (TPSA) is 158 Å². The predicted molar refractivity (Wildman–Crippen MR) is 77.7 cm³/mol. The van der Waals surface area contributed by atoms with E-state index in [1.807, 2.05) is 0 Å². The van der Waals surface area contributed by atoms with Gasteiger partial charge in [-0.15, -0.1) is 0 Å². The van der Waals surface area contributed by atoms with Crippen molar-refractivity contribution in [3.63, 3.8) is 0 Å². The summed E-state index contributed by atoms with van der Waals surface area (Å²) >= 11 is 0. The van der Waals surface area contributed by atoms with Crippen molar-refractivity contribution in [2.75, 3.05) is 19.8 Å². The molecule has 0 aromatic carbocycles. The summed E-state index contributed by atoms with van der Waals surface area (Å²) in [5, 5.41) is 51.3. The van der Waals surface area contributed by atoms with Crippen LogP contribution >= 0.6 is 0 Å². The van der Waals surface area contributed by atoms with Gasteiger partial charge in [0.25, 0.3) is 0 Å². The van der Waals surface area contributed by atoms with E-state index in [9.17, 15) is 30.3 Å². The first-order chi connectivity index (χ1) is 11.4. The first-order valence-corrected chi connectivity index (χ1v) is 7.84. The molecular formula is C14H25NO9. The molecule has 0 spiro atoms. The monoisotopic (exact) mass is 351 g/mol. The Labute approximate surface area is 138 Å². The third kappa shape index (κ3) is 4.21. The Morgan fingerprint density at radius 2 is 1.83 bits per heavy atom. The molecule has 0 saturated carbocycles. The minimum Gasteiger partial charge on any atom is -0.394 e. The van der Waals surface area contributed by atoms with Crippen LogP contribution in [0.1, 0.15) is 13.3 Å². The molecule has 1 amide bonds. The van der Waals surface area contributed by atoms with Crippen LogP contribution in [-0.2, 0) is 19.0 Å². The fourth-order valence-corrected chi connectivity index (χ4v) is 2.92. The molecule has 2 heterocycles. The Hall–Kier alpha value is -0.850. The lowest BCUT2D eigenvalue weighted by Gasteiger charge is -2.45. The second kappa shape index (κ2) is 8.50. The van der Waals surface area contributed by atoms with Crippen LogP contribution in [0.25, 0.3) is 0 Å². The van der Waals surface area contributed by atoms with Crippen LogP contribution in [0, 0.1) is 0 Å².